The van der Waals surface area contributed by atoms with Gasteiger partial charge in [-0.15, -0.1) is 12.1 Å². The topological polar surface area (TPSA) is 91.4 Å². The second kappa shape index (κ2) is 11.8. The number of amides is 3. The molecule has 180 valence electrons. The Balaban J connectivity index is 0.00000342. The first-order valence-electron chi connectivity index (χ1n) is 10.9. The predicted octanol–water partition coefficient (Wildman–Crippen LogP) is 3.04. The van der Waals surface area contributed by atoms with Crippen LogP contribution in [0.1, 0.15) is 29.2 Å². The molecular formula is C26H24FMoN4O3-. The van der Waals surface area contributed by atoms with E-state index in [-0.39, 0.29) is 34.0 Å². The van der Waals surface area contributed by atoms with Crippen molar-refractivity contribution in [2.75, 3.05) is 11.9 Å². The van der Waals surface area contributed by atoms with E-state index in [0.717, 1.165) is 21.6 Å². The number of nitrogens with one attached hydrogen (secondary N) is 2. The number of nitrogens with zero attached hydrogens (tertiary/aromatic N) is 2. The first kappa shape index (κ1) is 26.1. The first-order chi connectivity index (χ1) is 16.4. The van der Waals surface area contributed by atoms with Crippen molar-refractivity contribution in [1.29, 1.82) is 0 Å². The Kier molecular flexibility index (Phi) is 8.77. The van der Waals surface area contributed by atoms with Gasteiger partial charge in [0.2, 0.25) is 5.91 Å². The van der Waals surface area contributed by atoms with Gasteiger partial charge in [0.1, 0.15) is 12.2 Å². The number of hydrogen-bond donors (Lipinski definition) is 2. The summed E-state index contributed by atoms with van der Waals surface area (Å²) < 4.78 is 14.3. The van der Waals surface area contributed by atoms with E-state index in [9.17, 15) is 18.8 Å². The maximum atomic E-state index is 14.3. The number of alkyl halides is 1. The van der Waals surface area contributed by atoms with Gasteiger partial charge in [0, 0.05) is 33.7 Å². The largest absolute Gasteiger partial charge is 0.343 e. The number of halogens is 1. The van der Waals surface area contributed by atoms with Crippen LogP contribution in [0, 0.1) is 6.92 Å². The molecule has 4 rings (SSSR count). The van der Waals surface area contributed by atoms with Crippen LogP contribution in [-0.4, -0.2) is 46.4 Å². The summed E-state index contributed by atoms with van der Waals surface area (Å²) in [6.07, 6.45) is 1.32. The fourth-order valence-electron chi connectivity index (χ4n) is 3.96. The summed E-state index contributed by atoms with van der Waals surface area (Å²) in [7, 11) is 0. The Morgan fingerprint density at radius 2 is 1.69 bits per heavy atom. The molecule has 0 saturated carbocycles. The minimum Gasteiger partial charge on any atom is -0.343 e. The van der Waals surface area contributed by atoms with Crippen molar-refractivity contribution in [2.24, 2.45) is 0 Å². The van der Waals surface area contributed by atoms with Crippen LogP contribution in [0.2, 0.25) is 0 Å². The monoisotopic (exact) mass is 557 g/mol. The molecule has 9 heteroatoms. The van der Waals surface area contributed by atoms with Crippen molar-refractivity contribution in [3.8, 4) is 0 Å². The van der Waals surface area contributed by atoms with Crippen LogP contribution in [0.3, 0.4) is 0 Å². The van der Waals surface area contributed by atoms with Gasteiger partial charge in [0.15, 0.2) is 0 Å². The molecule has 3 aromatic rings. The van der Waals surface area contributed by atoms with Crippen molar-refractivity contribution in [3.63, 3.8) is 0 Å². The Hall–Kier alpha value is -3.51. The second-order valence-electron chi connectivity index (χ2n) is 8.10. The molecule has 1 aromatic heterocycles. The zero-order chi connectivity index (χ0) is 24.1. The molecule has 2 heterocycles. The average molecular weight is 555 g/mol. The van der Waals surface area contributed by atoms with Crippen LogP contribution in [0.4, 0.5) is 10.1 Å². The van der Waals surface area contributed by atoms with Gasteiger partial charge in [0.05, 0.1) is 24.5 Å². The van der Waals surface area contributed by atoms with E-state index in [2.05, 4.69) is 22.5 Å². The zero-order valence-corrected chi connectivity index (χ0v) is 20.8. The molecule has 0 bridgehead atoms. The summed E-state index contributed by atoms with van der Waals surface area (Å²) in [6.45, 7) is 3.56. The number of likely N-dealkylation sites (tertiary alicyclic amines) is 1. The average Bonchev–Trinajstić information content (AvgIpc) is 3.25. The van der Waals surface area contributed by atoms with Crippen LogP contribution in [0.25, 0.3) is 0 Å². The smallest absolute Gasteiger partial charge is 0.313 e. The summed E-state index contributed by atoms with van der Waals surface area (Å²) in [5.74, 6) is -2.46. The third-order valence-corrected chi connectivity index (χ3v) is 5.66. The summed E-state index contributed by atoms with van der Waals surface area (Å²) in [5.41, 5.74) is 2.80. The predicted molar refractivity (Wildman–Crippen MR) is 125 cm³/mol. The molecule has 0 spiro atoms. The number of carbonyl (C=O) groups is 3. The van der Waals surface area contributed by atoms with E-state index in [1.807, 2.05) is 54.6 Å². The van der Waals surface area contributed by atoms with Crippen LogP contribution in [0.15, 0.2) is 79.1 Å². The maximum absolute atomic E-state index is 14.3. The summed E-state index contributed by atoms with van der Waals surface area (Å²) in [5, 5.41) is 5.38. The molecule has 2 N–H and O–H groups in total. The SMILES string of the molecule is [CH2-]c1ccc([C@@H](NC(=O)[C@@H]2C[C@@H](F)CN2C(=O)C(=O)Nc2cccnc2)c2ccccc2)cc1.[Mo]. The van der Waals surface area contributed by atoms with Gasteiger partial charge in [-0.2, -0.15) is 24.6 Å². The molecule has 3 amide bonds. The van der Waals surface area contributed by atoms with E-state index in [1.165, 1.54) is 12.4 Å². The molecule has 1 aliphatic heterocycles. The fraction of sp³-hybridized carbons (Fsp3) is 0.192. The Bertz CT molecular complexity index is 1160. The normalized spacial score (nSPS) is 17.7. The van der Waals surface area contributed by atoms with E-state index < -0.39 is 36.0 Å². The zero-order valence-electron chi connectivity index (χ0n) is 18.8. The van der Waals surface area contributed by atoms with Crippen LogP contribution in [-0.2, 0) is 35.4 Å². The van der Waals surface area contributed by atoms with Crippen LogP contribution < -0.4 is 10.6 Å². The molecule has 0 radical (unpaired) electrons. The van der Waals surface area contributed by atoms with Crippen LogP contribution >= 0.6 is 0 Å². The number of carbonyl (C=O) groups excluding carboxylic acids is 3. The van der Waals surface area contributed by atoms with Crippen molar-refractivity contribution < 1.29 is 39.8 Å². The first-order valence-corrected chi connectivity index (χ1v) is 10.9. The van der Waals surface area contributed by atoms with E-state index in [4.69, 9.17) is 0 Å². The van der Waals surface area contributed by atoms with Gasteiger partial charge in [-0.05, 0) is 23.3 Å². The molecule has 3 atom stereocenters. The molecule has 7 nitrogen and oxygen atoms in total. The molecule has 2 aromatic carbocycles. The summed E-state index contributed by atoms with van der Waals surface area (Å²) in [4.78, 5) is 43.4. The minimum atomic E-state index is -1.41. The van der Waals surface area contributed by atoms with Gasteiger partial charge >= 0.3 is 11.8 Å². The molecule has 0 aliphatic carbocycles. The Morgan fingerprint density at radius 3 is 2.34 bits per heavy atom. The molecule has 35 heavy (non-hydrogen) atoms. The minimum absolute atomic E-state index is 0. The number of hydrogen-bond acceptors (Lipinski definition) is 4. The van der Waals surface area contributed by atoms with E-state index in [1.54, 1.807) is 12.1 Å². The van der Waals surface area contributed by atoms with Gasteiger partial charge in [-0.25, -0.2) is 4.39 Å². The third-order valence-electron chi connectivity index (χ3n) is 5.66. The van der Waals surface area contributed by atoms with Crippen molar-refractivity contribution in [3.05, 3.63) is 103 Å². The number of pyridine rings is 1. The summed E-state index contributed by atoms with van der Waals surface area (Å²) >= 11 is 0. The quantitative estimate of drug-likeness (QED) is 0.288. The Labute approximate surface area is 217 Å². The fourth-order valence-corrected chi connectivity index (χ4v) is 3.96. The van der Waals surface area contributed by atoms with Gasteiger partial charge in [0.25, 0.3) is 0 Å². The number of rotatable bonds is 5. The molecule has 0 unspecified atom stereocenters. The van der Waals surface area contributed by atoms with Gasteiger partial charge in [-0.3, -0.25) is 19.4 Å². The molecular weight excluding hydrogens is 531 g/mol. The van der Waals surface area contributed by atoms with Gasteiger partial charge in [-0.1, -0.05) is 30.3 Å². The van der Waals surface area contributed by atoms with E-state index >= 15 is 0 Å². The third kappa shape index (κ3) is 6.34. The number of benzene rings is 2. The molecule has 1 fully saturated rings. The van der Waals surface area contributed by atoms with E-state index in [0.29, 0.717) is 5.69 Å². The van der Waals surface area contributed by atoms with Crippen LogP contribution in [0.5, 0.6) is 0 Å². The van der Waals surface area contributed by atoms with Crippen molar-refractivity contribution in [2.45, 2.75) is 24.7 Å². The number of aromatic nitrogens is 1. The molecule has 1 aliphatic rings. The Morgan fingerprint density at radius 1 is 1.00 bits per heavy atom. The second-order valence-corrected chi connectivity index (χ2v) is 8.10. The standard InChI is InChI=1S/C26H24FN4O3.Mo/c1-17-9-11-19(12-10-17)23(18-6-3-2-4-7-18)30-24(32)22-14-20(27)16-31(22)26(34)25(33)29-21-8-5-13-28-15-21;/h2-13,15,20,22-23H,1,14,16H2,(H,29,33)(H,30,32);/q-1;/t20-,22+,23+;/m1./s1. The van der Waals surface area contributed by atoms with Crippen molar-refractivity contribution >= 4 is 23.4 Å². The summed E-state index contributed by atoms with van der Waals surface area (Å²) in [6, 6.07) is 18.3. The van der Waals surface area contributed by atoms with Crippen molar-refractivity contribution in [1.82, 2.24) is 15.2 Å². The molecule has 1 saturated heterocycles. The number of anilines is 1. The maximum Gasteiger partial charge on any atom is 0.313 e. The van der Waals surface area contributed by atoms with Gasteiger partial charge < -0.3 is 15.5 Å².